The predicted octanol–water partition coefficient (Wildman–Crippen LogP) is 1.45. The summed E-state index contributed by atoms with van der Waals surface area (Å²) in [5.74, 6) is -2.09. The minimum Gasteiger partial charge on any atom is -0.355 e. The van der Waals surface area contributed by atoms with E-state index in [9.17, 15) is 13.6 Å². The highest BCUT2D eigenvalue weighted by molar-refractivity contribution is 5.80. The molecule has 0 spiro atoms. The molecule has 1 aromatic heterocycles. The number of aromatic nitrogens is 2. The Hall–Kier alpha value is -1.98. The van der Waals surface area contributed by atoms with Crippen molar-refractivity contribution < 1.29 is 13.6 Å². The number of nitrogens with one attached hydrogen (secondary N) is 1. The number of halogens is 2. The molecule has 0 bridgehead atoms. The van der Waals surface area contributed by atoms with Crippen LogP contribution in [0.3, 0.4) is 0 Å². The van der Waals surface area contributed by atoms with Gasteiger partial charge in [-0.15, -0.1) is 0 Å². The first-order valence-corrected chi connectivity index (χ1v) is 5.18. The smallest absolute Gasteiger partial charge is 0.239 e. The van der Waals surface area contributed by atoms with Crippen molar-refractivity contribution in [2.45, 2.75) is 13.5 Å². The van der Waals surface area contributed by atoms with Gasteiger partial charge >= 0.3 is 0 Å². The fraction of sp³-hybridized carbons (Fsp3) is 0.273. The van der Waals surface area contributed by atoms with E-state index in [1.165, 1.54) is 10.9 Å². The number of imidazole rings is 1. The molecule has 1 amide bonds. The average molecular weight is 239 g/mol. The molecule has 0 aliphatic heterocycles. The molecule has 1 aromatic carbocycles. The van der Waals surface area contributed by atoms with Crippen LogP contribution in [0.2, 0.25) is 0 Å². The first kappa shape index (κ1) is 11.5. The van der Waals surface area contributed by atoms with E-state index in [1.54, 1.807) is 6.92 Å². The summed E-state index contributed by atoms with van der Waals surface area (Å²) in [5.41, 5.74) is 0.725. The Bertz CT molecular complexity index is 565. The molecule has 0 aliphatic carbocycles. The van der Waals surface area contributed by atoms with Crippen LogP contribution in [0.4, 0.5) is 8.78 Å². The van der Waals surface area contributed by atoms with Crippen molar-refractivity contribution in [3.8, 4) is 0 Å². The fourth-order valence-electron chi connectivity index (χ4n) is 1.59. The zero-order valence-corrected chi connectivity index (χ0v) is 9.20. The van der Waals surface area contributed by atoms with Gasteiger partial charge in [-0.3, -0.25) is 4.79 Å². The molecule has 90 valence electrons. The normalized spacial score (nSPS) is 10.8. The molecule has 1 heterocycles. The fourth-order valence-corrected chi connectivity index (χ4v) is 1.59. The minimum absolute atomic E-state index is 0.0371. The van der Waals surface area contributed by atoms with Crippen molar-refractivity contribution in [1.29, 1.82) is 0 Å². The van der Waals surface area contributed by atoms with Gasteiger partial charge in [-0.05, 0) is 6.92 Å². The maximum atomic E-state index is 13.1. The summed E-state index contributed by atoms with van der Waals surface area (Å²) < 4.78 is 27.5. The number of hydrogen-bond donors (Lipinski definition) is 1. The third-order valence-corrected chi connectivity index (χ3v) is 2.35. The number of rotatable bonds is 3. The largest absolute Gasteiger partial charge is 0.355 e. The number of carbonyl (C=O) groups excluding carboxylic acids is 1. The van der Waals surface area contributed by atoms with Gasteiger partial charge in [-0.1, -0.05) is 0 Å². The highest BCUT2D eigenvalue weighted by Crippen LogP contribution is 2.17. The van der Waals surface area contributed by atoms with E-state index in [0.29, 0.717) is 17.6 Å². The summed E-state index contributed by atoms with van der Waals surface area (Å²) in [6.07, 6.45) is 1.39. The molecule has 0 aliphatic rings. The standard InChI is InChI=1S/C11H11F2N3O/c1-2-14-11(17)5-16-6-15-9-3-7(12)8(13)4-10(9)16/h3-4,6H,2,5H2,1H3,(H,14,17). The summed E-state index contributed by atoms with van der Waals surface area (Å²) in [7, 11) is 0. The summed E-state index contributed by atoms with van der Waals surface area (Å²) in [5, 5.41) is 2.62. The minimum atomic E-state index is -0.949. The lowest BCUT2D eigenvalue weighted by molar-refractivity contribution is -0.121. The second-order valence-corrected chi connectivity index (χ2v) is 3.58. The second-order valence-electron chi connectivity index (χ2n) is 3.58. The van der Waals surface area contributed by atoms with Crippen molar-refractivity contribution in [1.82, 2.24) is 14.9 Å². The van der Waals surface area contributed by atoms with Crippen molar-refractivity contribution in [2.75, 3.05) is 6.54 Å². The van der Waals surface area contributed by atoms with E-state index in [-0.39, 0.29) is 12.5 Å². The molecule has 0 fully saturated rings. The molecule has 0 radical (unpaired) electrons. The first-order chi connectivity index (χ1) is 8.11. The molecule has 2 rings (SSSR count). The number of fused-ring (bicyclic) bond motifs is 1. The van der Waals surface area contributed by atoms with E-state index in [0.717, 1.165) is 12.1 Å². The predicted molar refractivity (Wildman–Crippen MR) is 58.3 cm³/mol. The third-order valence-electron chi connectivity index (χ3n) is 2.35. The Morgan fingerprint density at radius 3 is 2.82 bits per heavy atom. The first-order valence-electron chi connectivity index (χ1n) is 5.18. The van der Waals surface area contributed by atoms with Crippen LogP contribution in [0.25, 0.3) is 11.0 Å². The monoisotopic (exact) mass is 239 g/mol. The van der Waals surface area contributed by atoms with Crippen molar-refractivity contribution in [2.24, 2.45) is 0 Å². The molecule has 0 unspecified atom stereocenters. The van der Waals surface area contributed by atoms with Crippen LogP contribution in [0.1, 0.15) is 6.92 Å². The molecule has 1 N–H and O–H groups in total. The number of hydrogen-bond acceptors (Lipinski definition) is 2. The van der Waals surface area contributed by atoms with E-state index < -0.39 is 11.6 Å². The van der Waals surface area contributed by atoms with E-state index in [1.807, 2.05) is 0 Å². The molecular weight excluding hydrogens is 228 g/mol. The van der Waals surface area contributed by atoms with Crippen molar-refractivity contribution in [3.05, 3.63) is 30.1 Å². The van der Waals surface area contributed by atoms with Crippen molar-refractivity contribution in [3.63, 3.8) is 0 Å². The summed E-state index contributed by atoms with van der Waals surface area (Å²) in [4.78, 5) is 15.3. The topological polar surface area (TPSA) is 46.9 Å². The van der Waals surface area contributed by atoms with Gasteiger partial charge in [0.1, 0.15) is 6.54 Å². The average Bonchev–Trinajstić information content (AvgIpc) is 2.63. The summed E-state index contributed by atoms with van der Waals surface area (Å²) in [6, 6.07) is 2.05. The second kappa shape index (κ2) is 4.48. The Labute approximate surface area is 96.3 Å². The molecule has 2 aromatic rings. The van der Waals surface area contributed by atoms with Gasteiger partial charge < -0.3 is 9.88 Å². The maximum absolute atomic E-state index is 13.1. The van der Waals surface area contributed by atoms with Gasteiger partial charge in [-0.25, -0.2) is 13.8 Å². The van der Waals surface area contributed by atoms with E-state index >= 15 is 0 Å². The van der Waals surface area contributed by atoms with Crippen LogP contribution in [0.15, 0.2) is 18.5 Å². The molecule has 4 nitrogen and oxygen atoms in total. The Balaban J connectivity index is 2.36. The molecule has 0 saturated carbocycles. The molecule has 6 heteroatoms. The van der Waals surface area contributed by atoms with Crippen LogP contribution < -0.4 is 5.32 Å². The number of benzene rings is 1. The van der Waals surface area contributed by atoms with Crippen LogP contribution in [0.5, 0.6) is 0 Å². The van der Waals surface area contributed by atoms with E-state index in [2.05, 4.69) is 10.3 Å². The van der Waals surface area contributed by atoms with Gasteiger partial charge in [0.2, 0.25) is 5.91 Å². The highest BCUT2D eigenvalue weighted by atomic mass is 19.2. The lowest BCUT2D eigenvalue weighted by Crippen LogP contribution is -2.26. The van der Waals surface area contributed by atoms with Crippen LogP contribution in [-0.4, -0.2) is 22.0 Å². The lowest BCUT2D eigenvalue weighted by atomic mass is 10.3. The van der Waals surface area contributed by atoms with Crippen LogP contribution >= 0.6 is 0 Å². The van der Waals surface area contributed by atoms with E-state index in [4.69, 9.17) is 0 Å². The van der Waals surface area contributed by atoms with Crippen LogP contribution in [-0.2, 0) is 11.3 Å². The van der Waals surface area contributed by atoms with Gasteiger partial charge in [0, 0.05) is 18.7 Å². The number of carbonyl (C=O) groups is 1. The van der Waals surface area contributed by atoms with Gasteiger partial charge in [0.25, 0.3) is 0 Å². The molecule has 0 atom stereocenters. The summed E-state index contributed by atoms with van der Waals surface area (Å²) >= 11 is 0. The zero-order valence-electron chi connectivity index (χ0n) is 9.20. The number of likely N-dealkylation sites (N-methyl/N-ethyl adjacent to an activating group) is 1. The van der Waals surface area contributed by atoms with Gasteiger partial charge in [-0.2, -0.15) is 0 Å². The SMILES string of the molecule is CCNC(=O)Cn1cnc2cc(F)c(F)cc21. The molecule has 0 saturated heterocycles. The third kappa shape index (κ3) is 2.25. The zero-order chi connectivity index (χ0) is 12.4. The lowest BCUT2D eigenvalue weighted by Gasteiger charge is -2.04. The Kier molecular flexibility index (Phi) is 3.03. The summed E-state index contributed by atoms with van der Waals surface area (Å²) in [6.45, 7) is 2.36. The van der Waals surface area contributed by atoms with Crippen LogP contribution in [0, 0.1) is 11.6 Å². The highest BCUT2D eigenvalue weighted by Gasteiger charge is 2.10. The van der Waals surface area contributed by atoms with Gasteiger partial charge in [0.05, 0.1) is 17.4 Å². The number of amides is 1. The maximum Gasteiger partial charge on any atom is 0.239 e. The number of nitrogens with zero attached hydrogens (tertiary/aromatic N) is 2. The Morgan fingerprint density at radius 2 is 2.12 bits per heavy atom. The van der Waals surface area contributed by atoms with Gasteiger partial charge in [0.15, 0.2) is 11.6 Å². The molecule has 17 heavy (non-hydrogen) atoms. The molecular formula is C11H11F2N3O. The quantitative estimate of drug-likeness (QED) is 0.881. The van der Waals surface area contributed by atoms with Crippen molar-refractivity contribution >= 4 is 16.9 Å². The Morgan fingerprint density at radius 1 is 1.41 bits per heavy atom.